The van der Waals surface area contributed by atoms with Gasteiger partial charge >= 0.3 is 5.97 Å². The second-order valence-electron chi connectivity index (χ2n) is 5.68. The summed E-state index contributed by atoms with van der Waals surface area (Å²) in [6, 6.07) is 8.96. The van der Waals surface area contributed by atoms with E-state index in [1.165, 1.54) is 24.0 Å². The van der Waals surface area contributed by atoms with E-state index in [-0.39, 0.29) is 6.42 Å². The molecule has 0 aromatic heterocycles. The first kappa shape index (κ1) is 14.1. The molecule has 0 aliphatic heterocycles. The molecule has 1 aliphatic rings. The highest BCUT2D eigenvalue weighted by Gasteiger charge is 2.26. The first-order chi connectivity index (χ1) is 9.08. The van der Waals surface area contributed by atoms with Crippen LogP contribution in [0.4, 0.5) is 0 Å². The number of benzene rings is 1. The van der Waals surface area contributed by atoms with Crippen LogP contribution < -0.4 is 0 Å². The highest BCUT2D eigenvalue weighted by Crippen LogP contribution is 2.41. The molecule has 0 heterocycles. The van der Waals surface area contributed by atoms with Gasteiger partial charge in [0.15, 0.2) is 0 Å². The number of carboxylic acids is 1. The van der Waals surface area contributed by atoms with Crippen LogP contribution in [0.3, 0.4) is 0 Å². The van der Waals surface area contributed by atoms with E-state index in [1.807, 2.05) is 0 Å². The lowest BCUT2D eigenvalue weighted by Crippen LogP contribution is -2.32. The molecule has 0 saturated heterocycles. The third-order valence-electron chi connectivity index (χ3n) is 3.79. The number of aliphatic carboxylic acids is 1. The number of carbonyl (C=O) groups is 1. The lowest BCUT2D eigenvalue weighted by Gasteiger charge is -2.27. The van der Waals surface area contributed by atoms with Crippen molar-refractivity contribution in [1.29, 1.82) is 0 Å². The van der Waals surface area contributed by atoms with Crippen LogP contribution in [0.2, 0.25) is 0 Å². The molecule has 0 spiro atoms. The smallest absolute Gasteiger partial charge is 0.304 e. The molecule has 0 amide bonds. The van der Waals surface area contributed by atoms with Crippen molar-refractivity contribution in [2.24, 2.45) is 0 Å². The molecule has 0 atom stereocenters. The second kappa shape index (κ2) is 6.20. The number of carboxylic acid groups (broad SMARTS) is 1. The molecule has 1 aromatic rings. The Morgan fingerprint density at radius 3 is 2.63 bits per heavy atom. The molecule has 3 nitrogen and oxygen atoms in total. The van der Waals surface area contributed by atoms with Gasteiger partial charge in [0.25, 0.3) is 0 Å². The van der Waals surface area contributed by atoms with Crippen molar-refractivity contribution < 1.29 is 9.90 Å². The predicted octanol–water partition coefficient (Wildman–Crippen LogP) is 3.25. The lowest BCUT2D eigenvalue weighted by atomic mass is 10.0. The summed E-state index contributed by atoms with van der Waals surface area (Å²) < 4.78 is 0. The van der Waals surface area contributed by atoms with E-state index in [1.54, 1.807) is 0 Å². The molecule has 1 fully saturated rings. The third kappa shape index (κ3) is 4.06. The monoisotopic (exact) mass is 261 g/mol. The Kier molecular flexibility index (Phi) is 4.59. The molecule has 1 aromatic carbocycles. The molecule has 19 heavy (non-hydrogen) atoms. The number of rotatable bonds is 7. The maximum atomic E-state index is 10.7. The summed E-state index contributed by atoms with van der Waals surface area (Å²) in [5, 5.41) is 8.84. The second-order valence-corrected chi connectivity index (χ2v) is 5.68. The summed E-state index contributed by atoms with van der Waals surface area (Å²) in [6.07, 6.45) is 2.81. The summed E-state index contributed by atoms with van der Waals surface area (Å²) in [4.78, 5) is 13.0. The van der Waals surface area contributed by atoms with Crippen LogP contribution in [0.25, 0.3) is 0 Å². The van der Waals surface area contributed by atoms with Gasteiger partial charge in [-0.2, -0.15) is 0 Å². The van der Waals surface area contributed by atoms with E-state index in [0.717, 1.165) is 12.5 Å². The van der Waals surface area contributed by atoms with Gasteiger partial charge in [0.05, 0.1) is 6.42 Å². The third-order valence-corrected chi connectivity index (χ3v) is 3.79. The molecule has 1 N–H and O–H groups in total. The van der Waals surface area contributed by atoms with E-state index < -0.39 is 5.97 Å². The largest absolute Gasteiger partial charge is 0.481 e. The molecular weight excluding hydrogens is 238 g/mol. The Balaban J connectivity index is 2.05. The average molecular weight is 261 g/mol. The van der Waals surface area contributed by atoms with Crippen LogP contribution in [-0.4, -0.2) is 28.6 Å². The normalized spacial score (nSPS) is 15.2. The first-order valence-corrected chi connectivity index (χ1v) is 7.11. The van der Waals surface area contributed by atoms with Gasteiger partial charge in [-0.05, 0) is 43.7 Å². The molecule has 0 bridgehead atoms. The van der Waals surface area contributed by atoms with Crippen LogP contribution >= 0.6 is 0 Å². The van der Waals surface area contributed by atoms with Gasteiger partial charge in [-0.1, -0.05) is 24.3 Å². The van der Waals surface area contributed by atoms with Gasteiger partial charge in [-0.3, -0.25) is 9.69 Å². The van der Waals surface area contributed by atoms with Crippen molar-refractivity contribution >= 4 is 5.97 Å². The quantitative estimate of drug-likeness (QED) is 0.819. The summed E-state index contributed by atoms with van der Waals surface area (Å²) in [5.41, 5.74) is 2.83. The molecule has 2 rings (SSSR count). The summed E-state index contributed by atoms with van der Waals surface area (Å²) in [5.74, 6) is 0.0193. The topological polar surface area (TPSA) is 40.5 Å². The standard InChI is InChI=1S/C16H23NO2/c1-12(2)17(10-9-16(18)19)11-14-5-3-4-6-15(14)13-7-8-13/h3-6,12-13H,7-11H2,1-2H3,(H,18,19). The average Bonchev–Trinajstić information content (AvgIpc) is 3.18. The van der Waals surface area contributed by atoms with Crippen molar-refractivity contribution in [2.75, 3.05) is 6.54 Å². The number of hydrogen-bond donors (Lipinski definition) is 1. The highest BCUT2D eigenvalue weighted by molar-refractivity contribution is 5.66. The molecule has 3 heteroatoms. The molecular formula is C16H23NO2. The van der Waals surface area contributed by atoms with E-state index in [9.17, 15) is 4.79 Å². The van der Waals surface area contributed by atoms with Crippen LogP contribution in [0.5, 0.6) is 0 Å². The van der Waals surface area contributed by atoms with E-state index in [2.05, 4.69) is 43.0 Å². The minimum Gasteiger partial charge on any atom is -0.481 e. The Labute approximate surface area is 115 Å². The Hall–Kier alpha value is -1.35. The van der Waals surface area contributed by atoms with Crippen molar-refractivity contribution in [1.82, 2.24) is 4.90 Å². The fourth-order valence-corrected chi connectivity index (χ4v) is 2.45. The van der Waals surface area contributed by atoms with Crippen LogP contribution in [-0.2, 0) is 11.3 Å². The maximum Gasteiger partial charge on any atom is 0.304 e. The van der Waals surface area contributed by atoms with Crippen molar-refractivity contribution in [3.05, 3.63) is 35.4 Å². The Morgan fingerprint density at radius 2 is 2.05 bits per heavy atom. The van der Waals surface area contributed by atoms with Gasteiger partial charge < -0.3 is 5.11 Å². The summed E-state index contributed by atoms with van der Waals surface area (Å²) >= 11 is 0. The lowest BCUT2D eigenvalue weighted by molar-refractivity contribution is -0.137. The van der Waals surface area contributed by atoms with Crippen molar-refractivity contribution in [3.63, 3.8) is 0 Å². The highest BCUT2D eigenvalue weighted by atomic mass is 16.4. The fourth-order valence-electron chi connectivity index (χ4n) is 2.45. The molecule has 1 saturated carbocycles. The van der Waals surface area contributed by atoms with Gasteiger partial charge in [0.1, 0.15) is 0 Å². The molecule has 0 radical (unpaired) electrons. The summed E-state index contributed by atoms with van der Waals surface area (Å²) in [6.45, 7) is 5.73. The van der Waals surface area contributed by atoms with Gasteiger partial charge in [-0.15, -0.1) is 0 Å². The molecule has 104 valence electrons. The zero-order chi connectivity index (χ0) is 13.8. The Morgan fingerprint density at radius 1 is 1.37 bits per heavy atom. The van der Waals surface area contributed by atoms with E-state index in [0.29, 0.717) is 12.6 Å². The van der Waals surface area contributed by atoms with Crippen LogP contribution in [0, 0.1) is 0 Å². The minimum absolute atomic E-state index is 0.212. The molecule has 1 aliphatic carbocycles. The van der Waals surface area contributed by atoms with Gasteiger partial charge in [0.2, 0.25) is 0 Å². The van der Waals surface area contributed by atoms with Crippen molar-refractivity contribution in [3.8, 4) is 0 Å². The molecule has 0 unspecified atom stereocenters. The number of nitrogens with zero attached hydrogens (tertiary/aromatic N) is 1. The fraction of sp³-hybridized carbons (Fsp3) is 0.562. The zero-order valence-electron chi connectivity index (χ0n) is 11.8. The van der Waals surface area contributed by atoms with Crippen molar-refractivity contribution in [2.45, 2.75) is 51.6 Å². The van der Waals surface area contributed by atoms with Crippen LogP contribution in [0.15, 0.2) is 24.3 Å². The predicted molar refractivity (Wildman–Crippen MR) is 76.2 cm³/mol. The van der Waals surface area contributed by atoms with Gasteiger partial charge in [0, 0.05) is 19.1 Å². The van der Waals surface area contributed by atoms with E-state index >= 15 is 0 Å². The van der Waals surface area contributed by atoms with Gasteiger partial charge in [-0.25, -0.2) is 0 Å². The van der Waals surface area contributed by atoms with Crippen LogP contribution in [0.1, 0.15) is 50.2 Å². The minimum atomic E-state index is -0.721. The van der Waals surface area contributed by atoms with E-state index in [4.69, 9.17) is 5.11 Å². The maximum absolute atomic E-state index is 10.7. The Bertz CT molecular complexity index is 438. The number of hydrogen-bond acceptors (Lipinski definition) is 2. The summed E-state index contributed by atoms with van der Waals surface area (Å²) in [7, 11) is 0. The SMILES string of the molecule is CC(C)N(CCC(=O)O)Cc1ccccc1C1CC1. The zero-order valence-corrected chi connectivity index (χ0v) is 11.8. The first-order valence-electron chi connectivity index (χ1n) is 7.11.